The number of para-hydroxylation sites is 1. The third-order valence-corrected chi connectivity index (χ3v) is 5.24. The Bertz CT molecular complexity index is 709. The average molecular weight is 278 g/mol. The van der Waals surface area contributed by atoms with Gasteiger partial charge in [-0.2, -0.15) is 4.31 Å². The Morgan fingerprint density at radius 3 is 2.79 bits per heavy atom. The van der Waals surface area contributed by atoms with E-state index in [9.17, 15) is 13.5 Å². The second-order valence-electron chi connectivity index (χ2n) is 4.64. The van der Waals surface area contributed by atoms with Crippen molar-refractivity contribution in [2.45, 2.75) is 17.4 Å². The zero-order valence-electron chi connectivity index (χ0n) is 10.2. The van der Waals surface area contributed by atoms with E-state index < -0.39 is 16.1 Å². The van der Waals surface area contributed by atoms with Gasteiger partial charge in [-0.05, 0) is 18.6 Å². The Labute approximate surface area is 111 Å². The topological polar surface area (TPSA) is 70.5 Å². The number of sulfonamides is 1. The van der Waals surface area contributed by atoms with Gasteiger partial charge in [0, 0.05) is 24.7 Å². The summed E-state index contributed by atoms with van der Waals surface area (Å²) in [5.74, 6) is 0. The van der Waals surface area contributed by atoms with Crippen molar-refractivity contribution in [3.63, 3.8) is 0 Å². The number of hydrogen-bond donors (Lipinski definition) is 1. The van der Waals surface area contributed by atoms with Crippen LogP contribution in [0, 0.1) is 0 Å². The predicted molar refractivity (Wildman–Crippen MR) is 71.1 cm³/mol. The normalized spacial score (nSPS) is 21.0. The van der Waals surface area contributed by atoms with Crippen LogP contribution in [0.5, 0.6) is 0 Å². The highest BCUT2D eigenvalue weighted by Crippen LogP contribution is 2.26. The number of hydrogen-bond acceptors (Lipinski definition) is 4. The second-order valence-corrected chi connectivity index (χ2v) is 6.54. The van der Waals surface area contributed by atoms with Gasteiger partial charge in [0.15, 0.2) is 0 Å². The molecule has 0 spiro atoms. The van der Waals surface area contributed by atoms with Crippen molar-refractivity contribution < 1.29 is 13.5 Å². The summed E-state index contributed by atoms with van der Waals surface area (Å²) in [5.41, 5.74) is 0.478. The molecule has 1 atom stereocenters. The largest absolute Gasteiger partial charge is 0.392 e. The molecular formula is C13H14N2O3S. The van der Waals surface area contributed by atoms with E-state index in [4.69, 9.17) is 0 Å². The number of rotatable bonds is 2. The molecule has 0 unspecified atom stereocenters. The molecule has 1 saturated heterocycles. The van der Waals surface area contributed by atoms with Crippen LogP contribution in [0.3, 0.4) is 0 Å². The van der Waals surface area contributed by atoms with Gasteiger partial charge < -0.3 is 5.11 Å². The molecule has 0 saturated carbocycles. The van der Waals surface area contributed by atoms with E-state index in [-0.39, 0.29) is 11.4 Å². The number of nitrogens with zero attached hydrogens (tertiary/aromatic N) is 2. The van der Waals surface area contributed by atoms with Crippen molar-refractivity contribution in [2.75, 3.05) is 13.1 Å². The van der Waals surface area contributed by atoms with E-state index in [2.05, 4.69) is 4.98 Å². The first-order valence-corrected chi connectivity index (χ1v) is 7.55. The van der Waals surface area contributed by atoms with Gasteiger partial charge in [-0.15, -0.1) is 0 Å². The molecule has 1 aliphatic rings. The number of pyridine rings is 1. The molecular weight excluding hydrogens is 264 g/mol. The SMILES string of the molecule is O=S(=O)(c1cccc2cccnc12)N1CC[C@@H](O)C1. The third-order valence-electron chi connectivity index (χ3n) is 3.34. The molecule has 1 fully saturated rings. The molecule has 1 aromatic carbocycles. The fraction of sp³-hybridized carbons (Fsp3) is 0.308. The summed E-state index contributed by atoms with van der Waals surface area (Å²) in [7, 11) is -3.59. The summed E-state index contributed by atoms with van der Waals surface area (Å²) < 4.78 is 26.5. The quantitative estimate of drug-likeness (QED) is 0.889. The smallest absolute Gasteiger partial charge is 0.245 e. The van der Waals surface area contributed by atoms with E-state index in [0.29, 0.717) is 18.5 Å². The zero-order chi connectivity index (χ0) is 13.5. The predicted octanol–water partition coefficient (Wildman–Crippen LogP) is 0.990. The summed E-state index contributed by atoms with van der Waals surface area (Å²) in [6.07, 6.45) is 1.50. The minimum Gasteiger partial charge on any atom is -0.392 e. The van der Waals surface area contributed by atoms with Crippen LogP contribution in [0.1, 0.15) is 6.42 Å². The average Bonchev–Trinajstić information content (AvgIpc) is 2.85. The lowest BCUT2D eigenvalue weighted by Crippen LogP contribution is -2.29. The number of β-amino-alcohol motifs (C(OH)–C–C–N with tert-alkyl or cyclic N) is 1. The minimum absolute atomic E-state index is 0.158. The fourth-order valence-corrected chi connectivity index (χ4v) is 4.01. The molecule has 1 aromatic heterocycles. The molecule has 100 valence electrons. The fourth-order valence-electron chi connectivity index (χ4n) is 2.35. The lowest BCUT2D eigenvalue weighted by molar-refractivity contribution is 0.189. The standard InChI is InChI=1S/C13H14N2O3S/c16-11-6-8-15(9-11)19(17,18)12-5-1-3-10-4-2-7-14-13(10)12/h1-5,7,11,16H,6,8-9H2/t11-/m1/s1. The number of aromatic nitrogens is 1. The Kier molecular flexibility index (Phi) is 3.00. The Balaban J connectivity index is 2.14. The van der Waals surface area contributed by atoms with Gasteiger partial charge in [-0.1, -0.05) is 18.2 Å². The highest BCUT2D eigenvalue weighted by molar-refractivity contribution is 7.89. The van der Waals surface area contributed by atoms with Gasteiger partial charge in [-0.25, -0.2) is 8.42 Å². The van der Waals surface area contributed by atoms with Crippen LogP contribution in [0.4, 0.5) is 0 Å². The summed E-state index contributed by atoms with van der Waals surface area (Å²) in [6.45, 7) is 0.512. The molecule has 0 radical (unpaired) electrons. The van der Waals surface area contributed by atoms with Crippen molar-refractivity contribution in [1.82, 2.24) is 9.29 Å². The van der Waals surface area contributed by atoms with Crippen LogP contribution in [-0.4, -0.2) is 42.0 Å². The van der Waals surface area contributed by atoms with Gasteiger partial charge in [0.25, 0.3) is 0 Å². The van der Waals surface area contributed by atoms with Crippen molar-refractivity contribution in [2.24, 2.45) is 0 Å². The first-order valence-electron chi connectivity index (χ1n) is 6.11. The van der Waals surface area contributed by atoms with Gasteiger partial charge >= 0.3 is 0 Å². The minimum atomic E-state index is -3.59. The van der Waals surface area contributed by atoms with E-state index >= 15 is 0 Å². The maximum absolute atomic E-state index is 12.6. The molecule has 1 aliphatic heterocycles. The van der Waals surface area contributed by atoms with Crippen molar-refractivity contribution in [3.05, 3.63) is 36.5 Å². The van der Waals surface area contributed by atoms with E-state index in [1.807, 2.05) is 12.1 Å². The highest BCUT2D eigenvalue weighted by Gasteiger charge is 2.32. The van der Waals surface area contributed by atoms with Crippen molar-refractivity contribution >= 4 is 20.9 Å². The second kappa shape index (κ2) is 4.56. The summed E-state index contributed by atoms with van der Waals surface area (Å²) in [5, 5.41) is 10.3. The van der Waals surface area contributed by atoms with Crippen LogP contribution in [0.25, 0.3) is 10.9 Å². The zero-order valence-corrected chi connectivity index (χ0v) is 11.0. The molecule has 2 aromatic rings. The maximum Gasteiger partial charge on any atom is 0.245 e. The van der Waals surface area contributed by atoms with Crippen LogP contribution < -0.4 is 0 Å². The Hall–Kier alpha value is -1.50. The number of benzene rings is 1. The Morgan fingerprint density at radius 1 is 1.26 bits per heavy atom. The monoisotopic (exact) mass is 278 g/mol. The molecule has 19 heavy (non-hydrogen) atoms. The lowest BCUT2D eigenvalue weighted by Gasteiger charge is -2.16. The van der Waals surface area contributed by atoms with E-state index in [1.165, 1.54) is 4.31 Å². The Morgan fingerprint density at radius 2 is 2.05 bits per heavy atom. The highest BCUT2D eigenvalue weighted by atomic mass is 32.2. The molecule has 3 rings (SSSR count). The first kappa shape index (κ1) is 12.5. The van der Waals surface area contributed by atoms with Gasteiger partial charge in [0.05, 0.1) is 11.6 Å². The molecule has 1 N–H and O–H groups in total. The number of fused-ring (bicyclic) bond motifs is 1. The van der Waals surface area contributed by atoms with E-state index in [1.54, 1.807) is 24.4 Å². The summed E-state index contributed by atoms with van der Waals surface area (Å²) in [4.78, 5) is 4.38. The van der Waals surface area contributed by atoms with Crippen LogP contribution in [0.2, 0.25) is 0 Å². The van der Waals surface area contributed by atoms with Gasteiger partial charge in [-0.3, -0.25) is 4.98 Å². The molecule has 2 heterocycles. The van der Waals surface area contributed by atoms with Gasteiger partial charge in [0.1, 0.15) is 4.90 Å². The lowest BCUT2D eigenvalue weighted by atomic mass is 10.2. The molecule has 0 bridgehead atoms. The van der Waals surface area contributed by atoms with Crippen LogP contribution in [0.15, 0.2) is 41.4 Å². The summed E-state index contributed by atoms with van der Waals surface area (Å²) >= 11 is 0. The number of aliphatic hydroxyl groups excluding tert-OH is 1. The van der Waals surface area contributed by atoms with Crippen molar-refractivity contribution in [3.8, 4) is 0 Å². The van der Waals surface area contributed by atoms with E-state index in [0.717, 1.165) is 5.39 Å². The number of aliphatic hydroxyl groups is 1. The van der Waals surface area contributed by atoms with Gasteiger partial charge in [0.2, 0.25) is 10.0 Å². The molecule has 0 amide bonds. The van der Waals surface area contributed by atoms with Crippen molar-refractivity contribution in [1.29, 1.82) is 0 Å². The molecule has 6 heteroatoms. The van der Waals surface area contributed by atoms with Crippen LogP contribution >= 0.6 is 0 Å². The summed E-state index contributed by atoms with van der Waals surface area (Å²) in [6, 6.07) is 8.72. The first-order chi connectivity index (χ1) is 9.09. The molecule has 0 aliphatic carbocycles. The van der Waals surface area contributed by atoms with Crippen LogP contribution in [-0.2, 0) is 10.0 Å². The molecule has 5 nitrogen and oxygen atoms in total. The third kappa shape index (κ3) is 2.11. The maximum atomic E-state index is 12.6.